The van der Waals surface area contributed by atoms with Gasteiger partial charge in [-0.05, 0) is 29.8 Å². The van der Waals surface area contributed by atoms with Crippen LogP contribution in [0.15, 0.2) is 42.5 Å². The van der Waals surface area contributed by atoms with Gasteiger partial charge in [0, 0.05) is 5.69 Å². The van der Waals surface area contributed by atoms with E-state index in [1.165, 1.54) is 18.2 Å². The first-order valence-corrected chi connectivity index (χ1v) is 6.94. The van der Waals surface area contributed by atoms with E-state index < -0.39 is 36.4 Å². The van der Waals surface area contributed by atoms with Crippen LogP contribution in [-0.4, -0.2) is 23.5 Å². The van der Waals surface area contributed by atoms with Crippen LogP contribution in [0.3, 0.4) is 0 Å². The molecule has 2 aromatic carbocycles. The van der Waals surface area contributed by atoms with Gasteiger partial charge in [-0.3, -0.25) is 4.79 Å². The van der Waals surface area contributed by atoms with E-state index in [9.17, 15) is 26.7 Å². The third kappa shape index (κ3) is 3.04. The van der Waals surface area contributed by atoms with Crippen molar-refractivity contribution in [2.75, 3.05) is 11.9 Å². The van der Waals surface area contributed by atoms with E-state index in [1.54, 1.807) is 6.07 Å². The monoisotopic (exact) mass is 342 g/mol. The van der Waals surface area contributed by atoms with Gasteiger partial charge in [0.05, 0.1) is 5.56 Å². The molecule has 1 aliphatic heterocycles. The molecule has 1 N–H and O–H groups in total. The van der Waals surface area contributed by atoms with Crippen LogP contribution >= 0.6 is 0 Å². The van der Waals surface area contributed by atoms with E-state index in [1.807, 2.05) is 0 Å². The SMILES string of the molecule is O=C1c2ccccc2N[C@@H](c2ccc(F)c(F)c2)N1CC(F)(F)F. The van der Waals surface area contributed by atoms with E-state index in [0.29, 0.717) is 10.6 Å². The summed E-state index contributed by atoms with van der Waals surface area (Å²) in [5.74, 6) is -3.16. The number of nitrogens with zero attached hydrogens (tertiary/aromatic N) is 1. The number of amides is 1. The van der Waals surface area contributed by atoms with E-state index in [-0.39, 0.29) is 11.1 Å². The lowest BCUT2D eigenvalue weighted by molar-refractivity contribution is -0.144. The molecule has 3 rings (SSSR count). The van der Waals surface area contributed by atoms with Gasteiger partial charge in [0.15, 0.2) is 11.6 Å². The minimum atomic E-state index is -4.64. The minimum Gasteiger partial charge on any atom is -0.361 e. The highest BCUT2D eigenvalue weighted by molar-refractivity contribution is 6.01. The van der Waals surface area contributed by atoms with Crippen LogP contribution in [0.25, 0.3) is 0 Å². The Morgan fingerprint density at radius 1 is 1.04 bits per heavy atom. The first-order chi connectivity index (χ1) is 11.3. The molecule has 126 valence electrons. The van der Waals surface area contributed by atoms with E-state index >= 15 is 0 Å². The van der Waals surface area contributed by atoms with Crippen LogP contribution in [0.1, 0.15) is 22.1 Å². The molecule has 0 saturated heterocycles. The van der Waals surface area contributed by atoms with Gasteiger partial charge in [0.25, 0.3) is 5.91 Å². The molecular formula is C16H11F5N2O. The Bertz CT molecular complexity index is 790. The highest BCUT2D eigenvalue weighted by Gasteiger charge is 2.40. The van der Waals surface area contributed by atoms with Crippen molar-refractivity contribution >= 4 is 11.6 Å². The molecule has 1 amide bonds. The maximum atomic E-state index is 13.5. The summed E-state index contributed by atoms with van der Waals surface area (Å²) in [6, 6.07) is 8.80. The Morgan fingerprint density at radius 2 is 1.75 bits per heavy atom. The fraction of sp³-hybridized carbons (Fsp3) is 0.188. The summed E-state index contributed by atoms with van der Waals surface area (Å²) in [5, 5.41) is 2.78. The second kappa shape index (κ2) is 5.77. The highest BCUT2D eigenvalue weighted by atomic mass is 19.4. The molecule has 0 aliphatic carbocycles. The molecule has 0 bridgehead atoms. The van der Waals surface area contributed by atoms with Crippen LogP contribution in [0.5, 0.6) is 0 Å². The average molecular weight is 342 g/mol. The predicted molar refractivity (Wildman–Crippen MR) is 76.3 cm³/mol. The third-order valence-electron chi connectivity index (χ3n) is 3.63. The number of halogens is 5. The number of nitrogens with one attached hydrogen (secondary N) is 1. The van der Waals surface area contributed by atoms with Gasteiger partial charge in [0.1, 0.15) is 12.7 Å². The number of alkyl halides is 3. The van der Waals surface area contributed by atoms with Crippen LogP contribution in [-0.2, 0) is 0 Å². The number of rotatable bonds is 2. The Kier molecular flexibility index (Phi) is 3.90. The summed E-state index contributed by atoms with van der Waals surface area (Å²) >= 11 is 0. The maximum Gasteiger partial charge on any atom is 0.406 e. The van der Waals surface area contributed by atoms with Crippen molar-refractivity contribution in [1.29, 1.82) is 0 Å². The molecule has 1 aliphatic rings. The summed E-state index contributed by atoms with van der Waals surface area (Å²) in [4.78, 5) is 13.0. The van der Waals surface area contributed by atoms with Gasteiger partial charge < -0.3 is 10.2 Å². The molecule has 1 heterocycles. The van der Waals surface area contributed by atoms with Gasteiger partial charge in [-0.15, -0.1) is 0 Å². The van der Waals surface area contributed by atoms with E-state index in [4.69, 9.17) is 0 Å². The largest absolute Gasteiger partial charge is 0.406 e. The summed E-state index contributed by atoms with van der Waals surface area (Å²) in [6.07, 6.45) is -5.90. The fourth-order valence-electron chi connectivity index (χ4n) is 2.59. The van der Waals surface area contributed by atoms with Crippen LogP contribution in [0, 0.1) is 11.6 Å². The summed E-state index contributed by atoms with van der Waals surface area (Å²) in [7, 11) is 0. The second-order valence-corrected chi connectivity index (χ2v) is 5.31. The maximum absolute atomic E-state index is 13.5. The van der Waals surface area contributed by atoms with Crippen LogP contribution in [0.2, 0.25) is 0 Å². The zero-order valence-corrected chi connectivity index (χ0v) is 12.1. The summed E-state index contributed by atoms with van der Waals surface area (Å²) in [6.45, 7) is -1.52. The van der Waals surface area contributed by atoms with Crippen molar-refractivity contribution < 1.29 is 26.7 Å². The van der Waals surface area contributed by atoms with Crippen LogP contribution < -0.4 is 5.32 Å². The zero-order chi connectivity index (χ0) is 17.5. The van der Waals surface area contributed by atoms with Crippen molar-refractivity contribution in [2.45, 2.75) is 12.3 Å². The zero-order valence-electron chi connectivity index (χ0n) is 12.1. The first-order valence-electron chi connectivity index (χ1n) is 6.94. The molecule has 0 fully saturated rings. The summed E-state index contributed by atoms with van der Waals surface area (Å²) in [5.41, 5.74) is 0.428. The van der Waals surface area contributed by atoms with E-state index in [2.05, 4.69) is 5.32 Å². The number of carbonyl (C=O) groups is 1. The number of benzene rings is 2. The van der Waals surface area contributed by atoms with Crippen molar-refractivity contribution in [2.24, 2.45) is 0 Å². The molecule has 0 saturated carbocycles. The smallest absolute Gasteiger partial charge is 0.361 e. The average Bonchev–Trinajstić information content (AvgIpc) is 2.52. The quantitative estimate of drug-likeness (QED) is 0.834. The number of fused-ring (bicyclic) bond motifs is 1. The summed E-state index contributed by atoms with van der Waals surface area (Å²) < 4.78 is 65.2. The topological polar surface area (TPSA) is 32.3 Å². The molecular weight excluding hydrogens is 331 g/mol. The highest BCUT2D eigenvalue weighted by Crippen LogP contribution is 2.35. The predicted octanol–water partition coefficient (Wildman–Crippen LogP) is 4.09. The van der Waals surface area contributed by atoms with Gasteiger partial charge >= 0.3 is 6.18 Å². The molecule has 24 heavy (non-hydrogen) atoms. The lowest BCUT2D eigenvalue weighted by Gasteiger charge is -2.38. The Morgan fingerprint density at radius 3 is 2.42 bits per heavy atom. The van der Waals surface area contributed by atoms with Gasteiger partial charge in [-0.1, -0.05) is 18.2 Å². The lowest BCUT2D eigenvalue weighted by Crippen LogP contribution is -2.47. The van der Waals surface area contributed by atoms with Crippen molar-refractivity contribution in [1.82, 2.24) is 4.90 Å². The lowest BCUT2D eigenvalue weighted by atomic mass is 10.0. The number of anilines is 1. The molecule has 0 radical (unpaired) electrons. The normalized spacial score (nSPS) is 17.5. The minimum absolute atomic E-state index is 0.0148. The second-order valence-electron chi connectivity index (χ2n) is 5.31. The third-order valence-corrected chi connectivity index (χ3v) is 3.63. The Labute approximate surface area is 133 Å². The Hall–Kier alpha value is -2.64. The number of hydrogen-bond acceptors (Lipinski definition) is 2. The first kappa shape index (κ1) is 16.2. The van der Waals surface area contributed by atoms with Gasteiger partial charge in [0.2, 0.25) is 0 Å². The van der Waals surface area contributed by atoms with E-state index in [0.717, 1.165) is 18.2 Å². The number of carbonyl (C=O) groups excluding carboxylic acids is 1. The molecule has 1 atom stereocenters. The number of hydrogen-bond donors (Lipinski definition) is 1. The van der Waals surface area contributed by atoms with Crippen molar-refractivity contribution in [3.63, 3.8) is 0 Å². The molecule has 0 unspecified atom stereocenters. The van der Waals surface area contributed by atoms with Crippen molar-refractivity contribution in [3.8, 4) is 0 Å². The molecule has 0 aromatic heterocycles. The molecule has 2 aromatic rings. The number of para-hydroxylation sites is 1. The van der Waals surface area contributed by atoms with Crippen LogP contribution in [0.4, 0.5) is 27.6 Å². The fourth-order valence-corrected chi connectivity index (χ4v) is 2.59. The van der Waals surface area contributed by atoms with Gasteiger partial charge in [-0.25, -0.2) is 8.78 Å². The standard InChI is InChI=1S/C16H11F5N2O/c17-11-6-5-9(7-12(11)18)14-22-13-4-2-1-3-10(13)15(24)23(14)8-16(19,20)21/h1-7,14,22H,8H2/t14-/m1/s1. The Balaban J connectivity index is 2.07. The van der Waals surface area contributed by atoms with Gasteiger partial charge in [-0.2, -0.15) is 13.2 Å². The van der Waals surface area contributed by atoms with Crippen molar-refractivity contribution in [3.05, 3.63) is 65.2 Å². The molecule has 0 spiro atoms. The molecule has 8 heteroatoms. The molecule has 3 nitrogen and oxygen atoms in total.